The van der Waals surface area contributed by atoms with E-state index in [2.05, 4.69) is 31.3 Å². The fraction of sp³-hybridized carbons (Fsp3) is 0. The van der Waals surface area contributed by atoms with Crippen molar-refractivity contribution in [1.29, 1.82) is 0 Å². The molecule has 0 saturated heterocycles. The second-order valence-corrected chi connectivity index (χ2v) is 7.04. The molecule has 0 unspecified atom stereocenters. The van der Waals surface area contributed by atoms with Crippen LogP contribution in [0, 0.1) is 0 Å². The van der Waals surface area contributed by atoms with Crippen molar-refractivity contribution in [3.8, 4) is 5.69 Å². The predicted octanol–water partition coefficient (Wildman–Crippen LogP) is 4.50. The van der Waals surface area contributed by atoms with E-state index in [0.717, 1.165) is 20.4 Å². The van der Waals surface area contributed by atoms with E-state index in [0.29, 0.717) is 10.7 Å². The van der Waals surface area contributed by atoms with Gasteiger partial charge in [-0.05, 0) is 52.3 Å². The van der Waals surface area contributed by atoms with Gasteiger partial charge in [0.05, 0.1) is 26.6 Å². The summed E-state index contributed by atoms with van der Waals surface area (Å²) in [5.74, 6) is -0.178. The van der Waals surface area contributed by atoms with Crippen LogP contribution in [0.1, 0.15) is 10.4 Å². The van der Waals surface area contributed by atoms with Gasteiger partial charge in [0.25, 0.3) is 5.91 Å². The highest BCUT2D eigenvalue weighted by molar-refractivity contribution is 9.10. The topological polar surface area (TPSA) is 59.8 Å². The molecule has 2 heterocycles. The highest BCUT2D eigenvalue weighted by Gasteiger charge is 2.10. The van der Waals surface area contributed by atoms with E-state index in [-0.39, 0.29) is 5.91 Å². The van der Waals surface area contributed by atoms with Crippen LogP contribution in [0.15, 0.2) is 65.4 Å². The van der Waals surface area contributed by atoms with Gasteiger partial charge in [0.1, 0.15) is 0 Å². The number of nitrogens with one attached hydrogen (secondary N) is 1. The molecule has 2 aromatic carbocycles. The third-order valence-electron chi connectivity index (χ3n) is 3.46. The molecule has 1 N–H and O–H groups in total. The highest BCUT2D eigenvalue weighted by atomic mass is 79.9. The zero-order valence-electron chi connectivity index (χ0n) is 12.3. The second kappa shape index (κ2) is 6.18. The van der Waals surface area contributed by atoms with E-state index in [9.17, 15) is 4.79 Å². The van der Waals surface area contributed by atoms with Gasteiger partial charge in [-0.25, -0.2) is 9.67 Å². The van der Waals surface area contributed by atoms with E-state index in [4.69, 9.17) is 0 Å². The number of benzene rings is 2. The van der Waals surface area contributed by atoms with Crippen molar-refractivity contribution in [3.05, 3.63) is 71.0 Å². The van der Waals surface area contributed by atoms with Crippen LogP contribution in [-0.2, 0) is 0 Å². The summed E-state index contributed by atoms with van der Waals surface area (Å²) in [6, 6.07) is 15.1. The summed E-state index contributed by atoms with van der Waals surface area (Å²) in [6.45, 7) is 0. The molecular formula is C17H11BrN4OS. The smallest absolute Gasteiger partial charge is 0.257 e. The fourth-order valence-corrected chi connectivity index (χ4v) is 3.45. The Morgan fingerprint density at radius 2 is 1.92 bits per heavy atom. The summed E-state index contributed by atoms with van der Waals surface area (Å²) in [6.07, 6.45) is 3.57. The zero-order valence-corrected chi connectivity index (χ0v) is 14.7. The Hall–Kier alpha value is -2.51. The Morgan fingerprint density at radius 1 is 1.12 bits per heavy atom. The monoisotopic (exact) mass is 398 g/mol. The van der Waals surface area contributed by atoms with Crippen LogP contribution >= 0.6 is 27.3 Å². The van der Waals surface area contributed by atoms with Crippen LogP contribution in [0.4, 0.5) is 5.13 Å². The number of hydrogen-bond donors (Lipinski definition) is 1. The van der Waals surface area contributed by atoms with Crippen molar-refractivity contribution in [2.45, 2.75) is 0 Å². The van der Waals surface area contributed by atoms with Crippen molar-refractivity contribution in [1.82, 2.24) is 14.8 Å². The largest absolute Gasteiger partial charge is 0.298 e. The van der Waals surface area contributed by atoms with Crippen molar-refractivity contribution in [2.24, 2.45) is 0 Å². The van der Waals surface area contributed by atoms with E-state index in [1.54, 1.807) is 23.0 Å². The molecule has 0 aliphatic heterocycles. The van der Waals surface area contributed by atoms with Gasteiger partial charge in [-0.1, -0.05) is 23.5 Å². The maximum Gasteiger partial charge on any atom is 0.257 e. The van der Waals surface area contributed by atoms with Gasteiger partial charge in [0.15, 0.2) is 5.13 Å². The number of thiazole rings is 1. The number of carbonyl (C=O) groups excluding carboxylic acids is 1. The third-order valence-corrected chi connectivity index (χ3v) is 4.82. The third kappa shape index (κ3) is 2.95. The minimum atomic E-state index is -0.178. The maximum absolute atomic E-state index is 12.4. The molecule has 0 aliphatic rings. The standard InChI is InChI=1S/C17H11BrN4OS/c18-12-9-19-22(10-12)13-7-5-11(6-8-13)16(23)21-17-20-14-3-1-2-4-15(14)24-17/h1-10H,(H,20,21,23). The quantitative estimate of drug-likeness (QED) is 0.552. The molecule has 4 rings (SSSR count). The molecule has 1 amide bonds. The van der Waals surface area contributed by atoms with E-state index < -0.39 is 0 Å². The van der Waals surface area contributed by atoms with Gasteiger partial charge in [-0.2, -0.15) is 5.10 Å². The number of hydrogen-bond acceptors (Lipinski definition) is 4. The van der Waals surface area contributed by atoms with Crippen LogP contribution in [0.2, 0.25) is 0 Å². The number of nitrogens with zero attached hydrogens (tertiary/aromatic N) is 3. The van der Waals surface area contributed by atoms with Gasteiger partial charge in [0, 0.05) is 11.8 Å². The molecule has 4 aromatic rings. The molecule has 2 aromatic heterocycles. The molecular weight excluding hydrogens is 388 g/mol. The number of para-hydroxylation sites is 1. The SMILES string of the molecule is O=C(Nc1nc2ccccc2s1)c1ccc(-n2cc(Br)cn2)cc1. The van der Waals surface area contributed by atoms with Crippen molar-refractivity contribution < 1.29 is 4.79 Å². The fourth-order valence-electron chi connectivity index (χ4n) is 2.30. The number of carbonyl (C=O) groups is 1. The number of fused-ring (bicyclic) bond motifs is 1. The number of amides is 1. The lowest BCUT2D eigenvalue weighted by molar-refractivity contribution is 0.102. The Morgan fingerprint density at radius 3 is 2.62 bits per heavy atom. The average molecular weight is 399 g/mol. The lowest BCUT2D eigenvalue weighted by atomic mass is 10.2. The predicted molar refractivity (Wildman–Crippen MR) is 98.8 cm³/mol. The normalized spacial score (nSPS) is 10.9. The van der Waals surface area contributed by atoms with E-state index >= 15 is 0 Å². The summed E-state index contributed by atoms with van der Waals surface area (Å²) in [7, 11) is 0. The Labute approximate surface area is 150 Å². The Kier molecular flexibility index (Phi) is 3.87. The molecule has 24 heavy (non-hydrogen) atoms. The number of halogens is 1. The number of aromatic nitrogens is 3. The number of rotatable bonds is 3. The van der Waals surface area contributed by atoms with Gasteiger partial charge in [0.2, 0.25) is 0 Å². The summed E-state index contributed by atoms with van der Waals surface area (Å²) in [5, 5.41) is 7.66. The first kappa shape index (κ1) is 15.0. The summed E-state index contributed by atoms with van der Waals surface area (Å²) >= 11 is 4.83. The Bertz CT molecular complexity index is 989. The molecule has 0 radical (unpaired) electrons. The molecule has 0 spiro atoms. The first-order valence-corrected chi connectivity index (χ1v) is 8.77. The second-order valence-electron chi connectivity index (χ2n) is 5.09. The molecule has 0 aliphatic carbocycles. The summed E-state index contributed by atoms with van der Waals surface area (Å²) in [4.78, 5) is 16.8. The molecule has 0 bridgehead atoms. The lowest BCUT2D eigenvalue weighted by Gasteiger charge is -2.04. The van der Waals surface area contributed by atoms with Gasteiger partial charge < -0.3 is 0 Å². The first-order valence-electron chi connectivity index (χ1n) is 7.16. The Balaban J connectivity index is 1.53. The van der Waals surface area contributed by atoms with Crippen LogP contribution in [0.5, 0.6) is 0 Å². The summed E-state index contributed by atoms with van der Waals surface area (Å²) < 4.78 is 3.69. The average Bonchev–Trinajstić information content (AvgIpc) is 3.20. The molecule has 5 nitrogen and oxygen atoms in total. The van der Waals surface area contributed by atoms with Crippen LogP contribution < -0.4 is 5.32 Å². The molecule has 7 heteroatoms. The van der Waals surface area contributed by atoms with Crippen LogP contribution in [0.3, 0.4) is 0 Å². The number of anilines is 1. The van der Waals surface area contributed by atoms with Gasteiger partial charge >= 0.3 is 0 Å². The molecule has 0 atom stereocenters. The lowest BCUT2D eigenvalue weighted by Crippen LogP contribution is -2.11. The van der Waals surface area contributed by atoms with Crippen molar-refractivity contribution >= 4 is 48.5 Å². The zero-order chi connectivity index (χ0) is 16.5. The van der Waals surface area contributed by atoms with E-state index in [1.165, 1.54) is 11.3 Å². The van der Waals surface area contributed by atoms with Gasteiger partial charge in [-0.3, -0.25) is 10.1 Å². The minimum absolute atomic E-state index is 0.178. The molecule has 0 fully saturated rings. The van der Waals surface area contributed by atoms with Gasteiger partial charge in [-0.15, -0.1) is 0 Å². The minimum Gasteiger partial charge on any atom is -0.298 e. The van der Waals surface area contributed by atoms with E-state index in [1.807, 2.05) is 42.6 Å². The first-order chi connectivity index (χ1) is 11.7. The molecule has 118 valence electrons. The molecule has 0 saturated carbocycles. The van der Waals surface area contributed by atoms with Crippen LogP contribution in [0.25, 0.3) is 15.9 Å². The maximum atomic E-state index is 12.4. The van der Waals surface area contributed by atoms with Crippen LogP contribution in [-0.4, -0.2) is 20.7 Å². The highest BCUT2D eigenvalue weighted by Crippen LogP contribution is 2.25. The summed E-state index contributed by atoms with van der Waals surface area (Å²) in [5.41, 5.74) is 2.35. The van der Waals surface area contributed by atoms with Crippen molar-refractivity contribution in [3.63, 3.8) is 0 Å². The van der Waals surface area contributed by atoms with Crippen molar-refractivity contribution in [2.75, 3.05) is 5.32 Å².